The maximum absolute atomic E-state index is 12.5. The standard InChI is InChI=1S/C18H20F3NO2/c1-24-17-11-13(6-9-16(17)23)3-2-10-22-12-14-4-7-15(8-5-14)18(19,20)21/h4-9,11,22-23H,2-3,10,12H2,1H3/p+1. The zero-order valence-corrected chi connectivity index (χ0v) is 13.4. The lowest BCUT2D eigenvalue weighted by atomic mass is 10.1. The number of methoxy groups -OCH3 is 1. The summed E-state index contributed by atoms with van der Waals surface area (Å²) >= 11 is 0. The van der Waals surface area contributed by atoms with E-state index in [1.54, 1.807) is 6.07 Å². The highest BCUT2D eigenvalue weighted by Crippen LogP contribution is 2.29. The Hall–Kier alpha value is -2.21. The molecule has 0 bridgehead atoms. The van der Waals surface area contributed by atoms with Gasteiger partial charge in [0.15, 0.2) is 11.5 Å². The van der Waals surface area contributed by atoms with Crippen molar-refractivity contribution in [3.8, 4) is 11.5 Å². The fourth-order valence-corrected chi connectivity index (χ4v) is 2.43. The van der Waals surface area contributed by atoms with Crippen molar-refractivity contribution in [3.05, 3.63) is 59.2 Å². The van der Waals surface area contributed by atoms with E-state index in [1.165, 1.54) is 19.2 Å². The van der Waals surface area contributed by atoms with E-state index in [1.807, 2.05) is 12.1 Å². The predicted octanol–water partition coefficient (Wildman–Crippen LogP) is 3.12. The molecule has 0 unspecified atom stereocenters. The SMILES string of the molecule is COc1cc(CCC[NH2+]Cc2ccc(C(F)(F)F)cc2)ccc1O. The Labute approximate surface area is 139 Å². The number of ether oxygens (including phenoxy) is 1. The minimum absolute atomic E-state index is 0.120. The highest BCUT2D eigenvalue weighted by atomic mass is 19.4. The summed E-state index contributed by atoms with van der Waals surface area (Å²) in [4.78, 5) is 0. The fourth-order valence-electron chi connectivity index (χ4n) is 2.43. The number of hydrogen-bond donors (Lipinski definition) is 2. The van der Waals surface area contributed by atoms with Crippen molar-refractivity contribution in [2.45, 2.75) is 25.6 Å². The summed E-state index contributed by atoms with van der Waals surface area (Å²) in [6, 6.07) is 10.5. The molecule has 24 heavy (non-hydrogen) atoms. The number of quaternary nitrogens is 1. The van der Waals surface area contributed by atoms with Crippen LogP contribution in [-0.4, -0.2) is 18.8 Å². The van der Waals surface area contributed by atoms with Gasteiger partial charge in [0.2, 0.25) is 0 Å². The molecule has 6 heteroatoms. The van der Waals surface area contributed by atoms with Crippen LogP contribution in [0.2, 0.25) is 0 Å². The monoisotopic (exact) mass is 340 g/mol. The van der Waals surface area contributed by atoms with Gasteiger partial charge >= 0.3 is 6.18 Å². The molecule has 130 valence electrons. The van der Waals surface area contributed by atoms with Crippen LogP contribution in [0.5, 0.6) is 11.5 Å². The van der Waals surface area contributed by atoms with E-state index in [9.17, 15) is 18.3 Å². The first kappa shape index (κ1) is 18.1. The zero-order chi connectivity index (χ0) is 17.6. The number of phenols is 1. The second kappa shape index (κ2) is 8.06. The van der Waals surface area contributed by atoms with Crippen LogP contribution in [0.3, 0.4) is 0 Å². The van der Waals surface area contributed by atoms with Gasteiger partial charge in [-0.25, -0.2) is 0 Å². The van der Waals surface area contributed by atoms with Crippen LogP contribution in [0.1, 0.15) is 23.1 Å². The molecule has 2 rings (SSSR count). The molecular formula is C18H21F3NO2+. The lowest BCUT2D eigenvalue weighted by Crippen LogP contribution is -2.82. The van der Waals surface area contributed by atoms with Crippen molar-refractivity contribution in [3.63, 3.8) is 0 Å². The average Bonchev–Trinajstić information content (AvgIpc) is 2.55. The van der Waals surface area contributed by atoms with Crippen LogP contribution in [0.4, 0.5) is 13.2 Å². The maximum Gasteiger partial charge on any atom is 0.416 e. The molecule has 0 atom stereocenters. The third-order valence-corrected chi connectivity index (χ3v) is 3.78. The number of alkyl halides is 3. The van der Waals surface area contributed by atoms with Gasteiger partial charge in [0, 0.05) is 12.0 Å². The van der Waals surface area contributed by atoms with Gasteiger partial charge in [-0.15, -0.1) is 0 Å². The van der Waals surface area contributed by atoms with E-state index in [-0.39, 0.29) is 5.75 Å². The van der Waals surface area contributed by atoms with Crippen LogP contribution in [-0.2, 0) is 19.1 Å². The summed E-state index contributed by atoms with van der Waals surface area (Å²) in [5.74, 6) is 0.580. The van der Waals surface area contributed by atoms with Gasteiger partial charge < -0.3 is 15.2 Å². The summed E-state index contributed by atoms with van der Waals surface area (Å²) in [5.41, 5.74) is 1.33. The Balaban J connectivity index is 1.73. The van der Waals surface area contributed by atoms with Crippen molar-refractivity contribution in [1.82, 2.24) is 0 Å². The van der Waals surface area contributed by atoms with E-state index < -0.39 is 11.7 Å². The first-order valence-corrected chi connectivity index (χ1v) is 7.74. The molecule has 3 N–H and O–H groups in total. The second-order valence-corrected chi connectivity index (χ2v) is 5.59. The van der Waals surface area contributed by atoms with Crippen molar-refractivity contribution in [1.29, 1.82) is 0 Å². The largest absolute Gasteiger partial charge is 0.504 e. The third kappa shape index (κ3) is 5.16. The number of benzene rings is 2. The van der Waals surface area contributed by atoms with E-state index in [2.05, 4.69) is 5.32 Å². The van der Waals surface area contributed by atoms with Gasteiger partial charge in [0.05, 0.1) is 19.2 Å². The van der Waals surface area contributed by atoms with Gasteiger partial charge in [-0.1, -0.05) is 18.2 Å². The van der Waals surface area contributed by atoms with Crippen LogP contribution in [0, 0.1) is 0 Å². The van der Waals surface area contributed by atoms with Gasteiger partial charge in [0.25, 0.3) is 0 Å². The Morgan fingerprint density at radius 2 is 1.71 bits per heavy atom. The summed E-state index contributed by atoms with van der Waals surface area (Å²) in [6.45, 7) is 1.52. The molecule has 2 aromatic rings. The molecule has 2 aromatic carbocycles. The van der Waals surface area contributed by atoms with Crippen LogP contribution in [0.15, 0.2) is 42.5 Å². The average molecular weight is 340 g/mol. The lowest BCUT2D eigenvalue weighted by molar-refractivity contribution is -0.670. The summed E-state index contributed by atoms with van der Waals surface area (Å²) in [6.07, 6.45) is -2.51. The molecule has 0 saturated carbocycles. The van der Waals surface area contributed by atoms with Gasteiger partial charge in [0.1, 0.15) is 6.54 Å². The van der Waals surface area contributed by atoms with Crippen molar-refractivity contribution in [2.75, 3.05) is 13.7 Å². The molecule has 0 amide bonds. The molecule has 0 saturated heterocycles. The normalized spacial score (nSPS) is 11.5. The molecule has 0 aliphatic rings. The Bertz CT molecular complexity index is 654. The third-order valence-electron chi connectivity index (χ3n) is 3.78. The first-order valence-electron chi connectivity index (χ1n) is 7.74. The Morgan fingerprint density at radius 3 is 2.33 bits per heavy atom. The molecular weight excluding hydrogens is 319 g/mol. The molecule has 0 radical (unpaired) electrons. The Kier molecular flexibility index (Phi) is 6.09. The summed E-state index contributed by atoms with van der Waals surface area (Å²) in [5, 5.41) is 11.6. The van der Waals surface area contributed by atoms with Crippen LogP contribution < -0.4 is 10.1 Å². The van der Waals surface area contributed by atoms with E-state index >= 15 is 0 Å². The number of halogens is 3. The van der Waals surface area contributed by atoms with E-state index in [4.69, 9.17) is 4.74 Å². The van der Waals surface area contributed by atoms with E-state index in [0.29, 0.717) is 12.3 Å². The molecule has 0 heterocycles. The summed E-state index contributed by atoms with van der Waals surface area (Å²) in [7, 11) is 1.51. The number of nitrogens with two attached hydrogens (primary N) is 1. The number of rotatable bonds is 7. The summed E-state index contributed by atoms with van der Waals surface area (Å²) < 4.78 is 42.5. The number of aryl methyl sites for hydroxylation is 1. The van der Waals surface area contributed by atoms with Gasteiger partial charge in [-0.3, -0.25) is 0 Å². The van der Waals surface area contributed by atoms with Crippen LogP contribution in [0.25, 0.3) is 0 Å². The number of hydrogen-bond acceptors (Lipinski definition) is 2. The molecule has 0 fully saturated rings. The van der Waals surface area contributed by atoms with E-state index in [0.717, 1.165) is 42.6 Å². The maximum atomic E-state index is 12.5. The van der Waals surface area contributed by atoms with Crippen molar-refractivity contribution in [2.24, 2.45) is 0 Å². The Morgan fingerprint density at radius 1 is 1.04 bits per heavy atom. The lowest BCUT2D eigenvalue weighted by Gasteiger charge is -2.08. The minimum Gasteiger partial charge on any atom is -0.504 e. The molecule has 0 aliphatic heterocycles. The highest BCUT2D eigenvalue weighted by molar-refractivity contribution is 5.41. The van der Waals surface area contributed by atoms with Crippen molar-refractivity contribution < 1.29 is 28.3 Å². The highest BCUT2D eigenvalue weighted by Gasteiger charge is 2.29. The van der Waals surface area contributed by atoms with Crippen molar-refractivity contribution >= 4 is 0 Å². The molecule has 0 aromatic heterocycles. The minimum atomic E-state index is -4.28. The number of phenolic OH excluding ortho intramolecular Hbond substituents is 1. The molecule has 0 spiro atoms. The van der Waals surface area contributed by atoms with Gasteiger partial charge in [-0.2, -0.15) is 13.2 Å². The molecule has 3 nitrogen and oxygen atoms in total. The fraction of sp³-hybridized carbons (Fsp3) is 0.333. The van der Waals surface area contributed by atoms with Gasteiger partial charge in [-0.05, 0) is 36.2 Å². The number of aromatic hydroxyl groups is 1. The predicted molar refractivity (Wildman–Crippen MR) is 84.9 cm³/mol. The zero-order valence-electron chi connectivity index (χ0n) is 13.4. The molecule has 0 aliphatic carbocycles. The quantitative estimate of drug-likeness (QED) is 0.761. The van der Waals surface area contributed by atoms with Crippen LogP contribution >= 0.6 is 0 Å². The first-order chi connectivity index (χ1) is 11.4. The topological polar surface area (TPSA) is 46.1 Å². The second-order valence-electron chi connectivity index (χ2n) is 5.59. The smallest absolute Gasteiger partial charge is 0.416 e.